The molecule has 0 aromatic heterocycles. The topological polar surface area (TPSA) is 185 Å². The number of carboxylic acids is 1. The molecule has 0 radical (unpaired) electrons. The number of rotatable bonds is 11. The van der Waals surface area contributed by atoms with Gasteiger partial charge in [-0.2, -0.15) is 0 Å². The van der Waals surface area contributed by atoms with Gasteiger partial charge in [-0.3, -0.25) is 14.4 Å². The van der Waals surface area contributed by atoms with Crippen LogP contribution in [-0.4, -0.2) is 58.6 Å². The van der Waals surface area contributed by atoms with Crippen molar-refractivity contribution in [3.8, 4) is 0 Å². The molecule has 0 aromatic rings. The Morgan fingerprint density at radius 2 is 1.62 bits per heavy atom. The van der Waals surface area contributed by atoms with Crippen molar-refractivity contribution >= 4 is 23.7 Å². The maximum absolute atomic E-state index is 12.0. The van der Waals surface area contributed by atoms with E-state index in [1.54, 1.807) is 6.92 Å². The maximum Gasteiger partial charge on any atom is 0.326 e. The summed E-state index contributed by atoms with van der Waals surface area (Å²) < 4.78 is 0. The first-order valence-corrected chi connectivity index (χ1v) is 7.62. The molecule has 4 atom stereocenters. The summed E-state index contributed by atoms with van der Waals surface area (Å²) in [6.45, 7) is 2.89. The van der Waals surface area contributed by atoms with E-state index in [-0.39, 0.29) is 18.8 Å². The molecule has 0 aliphatic rings. The van der Waals surface area contributed by atoms with E-state index in [2.05, 4.69) is 10.6 Å². The van der Waals surface area contributed by atoms with Gasteiger partial charge < -0.3 is 32.3 Å². The van der Waals surface area contributed by atoms with Crippen LogP contribution in [0.15, 0.2) is 0 Å². The molecular weight excluding hydrogens is 320 g/mol. The summed E-state index contributed by atoms with van der Waals surface area (Å²) in [4.78, 5) is 45.8. The van der Waals surface area contributed by atoms with Crippen molar-refractivity contribution in [2.45, 2.75) is 51.2 Å². The zero-order chi connectivity index (χ0) is 18.9. The summed E-state index contributed by atoms with van der Waals surface area (Å²) in [7, 11) is 0. The number of carbonyl (C=O) groups is 4. The molecule has 0 aliphatic carbocycles. The highest BCUT2D eigenvalue weighted by Gasteiger charge is 2.28. The monoisotopic (exact) mass is 346 g/mol. The molecular formula is C14H26N4O6. The van der Waals surface area contributed by atoms with Crippen molar-refractivity contribution in [3.05, 3.63) is 0 Å². The molecule has 10 nitrogen and oxygen atoms in total. The lowest BCUT2D eigenvalue weighted by Crippen LogP contribution is -2.56. The second-order valence-corrected chi connectivity index (χ2v) is 5.56. The Morgan fingerprint density at radius 1 is 1.08 bits per heavy atom. The van der Waals surface area contributed by atoms with E-state index < -0.39 is 48.4 Å². The second-order valence-electron chi connectivity index (χ2n) is 5.56. The van der Waals surface area contributed by atoms with E-state index >= 15 is 0 Å². The van der Waals surface area contributed by atoms with Gasteiger partial charge in [-0.1, -0.05) is 20.3 Å². The van der Waals surface area contributed by atoms with E-state index in [1.807, 2.05) is 6.92 Å². The Morgan fingerprint density at radius 3 is 2.04 bits per heavy atom. The molecule has 4 unspecified atom stereocenters. The molecule has 0 rings (SSSR count). The van der Waals surface area contributed by atoms with Crippen LogP contribution in [0.25, 0.3) is 0 Å². The van der Waals surface area contributed by atoms with Crippen LogP contribution in [0, 0.1) is 5.92 Å². The zero-order valence-electron chi connectivity index (χ0n) is 13.8. The summed E-state index contributed by atoms with van der Waals surface area (Å²) >= 11 is 0. The van der Waals surface area contributed by atoms with Crippen molar-refractivity contribution in [2.75, 3.05) is 6.61 Å². The van der Waals surface area contributed by atoms with Gasteiger partial charge >= 0.3 is 5.97 Å². The van der Waals surface area contributed by atoms with Gasteiger partial charge in [-0.05, 0) is 12.3 Å². The van der Waals surface area contributed by atoms with Gasteiger partial charge in [0.15, 0.2) is 0 Å². The zero-order valence-corrected chi connectivity index (χ0v) is 13.8. The third kappa shape index (κ3) is 7.38. The Balaban J connectivity index is 4.79. The number of aliphatic hydroxyl groups is 1. The van der Waals surface area contributed by atoms with Crippen LogP contribution in [0.4, 0.5) is 0 Å². The minimum atomic E-state index is -1.36. The molecule has 138 valence electrons. The molecule has 0 aliphatic heterocycles. The maximum atomic E-state index is 12.0. The summed E-state index contributed by atoms with van der Waals surface area (Å²) in [5.41, 5.74) is 10.7. The van der Waals surface area contributed by atoms with Crippen LogP contribution < -0.4 is 22.1 Å². The van der Waals surface area contributed by atoms with Crippen LogP contribution in [-0.2, 0) is 19.2 Å². The number of hydrogen-bond donors (Lipinski definition) is 6. The number of aliphatic hydroxyl groups excluding tert-OH is 1. The van der Waals surface area contributed by atoms with Gasteiger partial charge in [0.1, 0.15) is 12.1 Å². The van der Waals surface area contributed by atoms with Crippen molar-refractivity contribution < 1.29 is 29.4 Å². The van der Waals surface area contributed by atoms with Gasteiger partial charge in [0.2, 0.25) is 17.7 Å². The fourth-order valence-corrected chi connectivity index (χ4v) is 1.79. The lowest BCUT2D eigenvalue weighted by molar-refractivity contribution is -0.142. The fraction of sp³-hybridized carbons (Fsp3) is 0.714. The van der Waals surface area contributed by atoms with Crippen LogP contribution >= 0.6 is 0 Å². The highest BCUT2D eigenvalue weighted by Crippen LogP contribution is 2.05. The second kappa shape index (κ2) is 10.6. The van der Waals surface area contributed by atoms with E-state index in [9.17, 15) is 24.3 Å². The summed E-state index contributed by atoms with van der Waals surface area (Å²) in [5.74, 6) is -3.71. The predicted molar refractivity (Wildman–Crippen MR) is 84.4 cm³/mol. The summed E-state index contributed by atoms with van der Waals surface area (Å²) in [5, 5.41) is 22.7. The molecule has 0 fully saturated rings. The first-order valence-electron chi connectivity index (χ1n) is 7.62. The molecule has 0 saturated heterocycles. The van der Waals surface area contributed by atoms with Crippen molar-refractivity contribution in [3.63, 3.8) is 0 Å². The third-order valence-electron chi connectivity index (χ3n) is 3.67. The van der Waals surface area contributed by atoms with Crippen LogP contribution in [0.2, 0.25) is 0 Å². The van der Waals surface area contributed by atoms with Crippen LogP contribution in [0.1, 0.15) is 33.1 Å². The smallest absolute Gasteiger partial charge is 0.326 e. The first-order chi connectivity index (χ1) is 11.1. The lowest BCUT2D eigenvalue weighted by atomic mass is 9.99. The summed E-state index contributed by atoms with van der Waals surface area (Å²) in [6, 6.07) is -3.57. The number of carbonyl (C=O) groups excluding carboxylic acids is 3. The average molecular weight is 346 g/mol. The third-order valence-corrected chi connectivity index (χ3v) is 3.67. The van der Waals surface area contributed by atoms with Gasteiger partial charge in [-0.15, -0.1) is 0 Å². The molecule has 0 bridgehead atoms. The molecule has 0 spiro atoms. The largest absolute Gasteiger partial charge is 0.480 e. The van der Waals surface area contributed by atoms with Crippen molar-refractivity contribution in [2.24, 2.45) is 17.4 Å². The van der Waals surface area contributed by atoms with Crippen LogP contribution in [0.5, 0.6) is 0 Å². The number of nitrogens with two attached hydrogens (primary N) is 2. The minimum Gasteiger partial charge on any atom is -0.480 e. The Kier molecular flexibility index (Phi) is 9.58. The van der Waals surface area contributed by atoms with Gasteiger partial charge in [0, 0.05) is 6.42 Å². The molecule has 10 heteroatoms. The average Bonchev–Trinajstić information content (AvgIpc) is 2.53. The van der Waals surface area contributed by atoms with Gasteiger partial charge in [-0.25, -0.2) is 4.79 Å². The van der Waals surface area contributed by atoms with Gasteiger partial charge in [0.05, 0.1) is 12.6 Å². The fourth-order valence-electron chi connectivity index (χ4n) is 1.79. The number of carboxylic acid groups (broad SMARTS) is 1. The SMILES string of the molecule is CCC(C)C(N)C(=O)NC(CO)C(=O)NC(CCC(N)=O)C(=O)O. The normalized spacial score (nSPS) is 15.7. The van der Waals surface area contributed by atoms with E-state index in [0.717, 1.165) is 0 Å². The number of amides is 3. The Hall–Kier alpha value is -2.20. The lowest BCUT2D eigenvalue weighted by Gasteiger charge is -2.23. The van der Waals surface area contributed by atoms with E-state index in [1.165, 1.54) is 0 Å². The molecule has 24 heavy (non-hydrogen) atoms. The minimum absolute atomic E-state index is 0.130. The quantitative estimate of drug-likeness (QED) is 0.242. The van der Waals surface area contributed by atoms with Crippen molar-refractivity contribution in [1.29, 1.82) is 0 Å². The number of aliphatic carboxylic acids is 1. The number of hydrogen-bond acceptors (Lipinski definition) is 6. The standard InChI is InChI=1S/C14H26N4O6/c1-3-7(2)11(16)13(22)18-9(6-19)12(21)17-8(14(23)24)4-5-10(15)20/h7-9,11,19H,3-6,16H2,1-2H3,(H2,15,20)(H,17,21)(H,18,22)(H,23,24). The molecule has 0 saturated carbocycles. The van der Waals surface area contributed by atoms with E-state index in [0.29, 0.717) is 6.42 Å². The number of nitrogens with one attached hydrogen (secondary N) is 2. The highest BCUT2D eigenvalue weighted by molar-refractivity contribution is 5.92. The van der Waals surface area contributed by atoms with Crippen LogP contribution in [0.3, 0.4) is 0 Å². The van der Waals surface area contributed by atoms with Gasteiger partial charge in [0.25, 0.3) is 0 Å². The molecule has 0 aromatic carbocycles. The first kappa shape index (κ1) is 21.8. The number of primary amides is 1. The molecule has 8 N–H and O–H groups in total. The Labute approximate surface area is 139 Å². The Bertz CT molecular complexity index is 470. The molecule has 0 heterocycles. The highest BCUT2D eigenvalue weighted by atomic mass is 16.4. The summed E-state index contributed by atoms with van der Waals surface area (Å²) in [6.07, 6.45) is 0.222. The predicted octanol–water partition coefficient (Wildman–Crippen LogP) is -2.33. The van der Waals surface area contributed by atoms with Crippen molar-refractivity contribution in [1.82, 2.24) is 10.6 Å². The molecule has 3 amide bonds. The van der Waals surface area contributed by atoms with E-state index in [4.69, 9.17) is 16.6 Å².